The van der Waals surface area contributed by atoms with Gasteiger partial charge < -0.3 is 25.1 Å². The number of amides is 2. The van der Waals surface area contributed by atoms with E-state index in [0.29, 0.717) is 43.5 Å². The van der Waals surface area contributed by atoms with E-state index in [1.807, 2.05) is 31.3 Å². The summed E-state index contributed by atoms with van der Waals surface area (Å²) in [5, 5.41) is 11.9. The van der Waals surface area contributed by atoms with Crippen LogP contribution in [0.15, 0.2) is 42.6 Å². The van der Waals surface area contributed by atoms with Crippen molar-refractivity contribution in [3.05, 3.63) is 48.2 Å². The van der Waals surface area contributed by atoms with Gasteiger partial charge in [-0.25, -0.2) is 9.78 Å². The lowest BCUT2D eigenvalue weighted by molar-refractivity contribution is 0.102. The summed E-state index contributed by atoms with van der Waals surface area (Å²) in [6, 6.07) is 11.8. The number of benzene rings is 1. The zero-order valence-electron chi connectivity index (χ0n) is 16.4. The summed E-state index contributed by atoms with van der Waals surface area (Å²) in [7, 11) is 2.04. The number of hydrogen-bond acceptors (Lipinski definition) is 5. The van der Waals surface area contributed by atoms with Crippen LogP contribution in [0.3, 0.4) is 0 Å². The number of carbonyl (C=O) groups excluding carboxylic acids is 1. The number of piperazine rings is 1. The van der Waals surface area contributed by atoms with Gasteiger partial charge in [0.15, 0.2) is 0 Å². The summed E-state index contributed by atoms with van der Waals surface area (Å²) in [5.74, 6) is 0.732. The Balaban J connectivity index is 1.34. The lowest BCUT2D eigenvalue weighted by atomic mass is 10.1. The molecule has 0 radical (unpaired) electrons. The smallest absolute Gasteiger partial charge is 0.407 e. The van der Waals surface area contributed by atoms with Gasteiger partial charge in [-0.05, 0) is 49.2 Å². The van der Waals surface area contributed by atoms with E-state index in [-0.39, 0.29) is 5.91 Å². The predicted molar refractivity (Wildman–Crippen MR) is 112 cm³/mol. The van der Waals surface area contributed by atoms with E-state index < -0.39 is 6.09 Å². The van der Waals surface area contributed by atoms with E-state index >= 15 is 0 Å². The first-order valence-electron chi connectivity index (χ1n) is 9.84. The molecule has 0 unspecified atom stereocenters. The molecule has 152 valence electrons. The SMILES string of the molecule is CN(c1ccc(NC(=O)c2ccc(N3CCN(C(=O)O)CC3)cc2)cn1)C1CC1. The first-order valence-corrected chi connectivity index (χ1v) is 9.84. The van der Waals surface area contributed by atoms with Crippen molar-refractivity contribution >= 4 is 29.2 Å². The largest absolute Gasteiger partial charge is 0.465 e. The van der Waals surface area contributed by atoms with Gasteiger partial charge in [-0.1, -0.05) is 0 Å². The molecule has 1 aliphatic heterocycles. The van der Waals surface area contributed by atoms with E-state index in [9.17, 15) is 9.59 Å². The third-order valence-corrected chi connectivity index (χ3v) is 5.51. The second kappa shape index (κ2) is 7.98. The standard InChI is InChI=1S/C21H25N5O3/c1-24(17-7-8-17)19-9-4-16(14-22-19)23-20(27)15-2-5-18(6-3-15)25-10-12-26(13-11-25)21(28)29/h2-6,9,14,17H,7-8,10-13H2,1H3,(H,23,27)(H,28,29). The number of nitrogens with one attached hydrogen (secondary N) is 1. The van der Waals surface area contributed by atoms with Crippen LogP contribution in [0.5, 0.6) is 0 Å². The van der Waals surface area contributed by atoms with Gasteiger partial charge in [-0.3, -0.25) is 4.79 Å². The van der Waals surface area contributed by atoms with E-state index in [1.165, 1.54) is 17.7 Å². The average Bonchev–Trinajstić information content (AvgIpc) is 3.59. The molecule has 0 bridgehead atoms. The second-order valence-electron chi connectivity index (χ2n) is 7.50. The molecular formula is C21H25N5O3. The molecule has 0 spiro atoms. The molecule has 0 atom stereocenters. The Morgan fingerprint density at radius 1 is 1.07 bits per heavy atom. The van der Waals surface area contributed by atoms with Gasteiger partial charge in [0, 0.05) is 50.5 Å². The quantitative estimate of drug-likeness (QED) is 0.809. The van der Waals surface area contributed by atoms with Crippen LogP contribution in [0.1, 0.15) is 23.2 Å². The lowest BCUT2D eigenvalue weighted by Crippen LogP contribution is -2.48. The van der Waals surface area contributed by atoms with E-state index in [0.717, 1.165) is 11.5 Å². The fraction of sp³-hybridized carbons (Fsp3) is 0.381. The Kier molecular flexibility index (Phi) is 5.24. The van der Waals surface area contributed by atoms with Crippen molar-refractivity contribution < 1.29 is 14.7 Å². The summed E-state index contributed by atoms with van der Waals surface area (Å²) in [4.78, 5) is 33.7. The van der Waals surface area contributed by atoms with Gasteiger partial charge in [-0.2, -0.15) is 0 Å². The van der Waals surface area contributed by atoms with Crippen LogP contribution >= 0.6 is 0 Å². The summed E-state index contributed by atoms with van der Waals surface area (Å²) in [6.07, 6.45) is 3.23. The maximum absolute atomic E-state index is 12.5. The fourth-order valence-electron chi connectivity index (χ4n) is 3.50. The Morgan fingerprint density at radius 3 is 2.31 bits per heavy atom. The van der Waals surface area contributed by atoms with Crippen molar-refractivity contribution in [2.24, 2.45) is 0 Å². The fourth-order valence-corrected chi connectivity index (χ4v) is 3.50. The number of rotatable bonds is 5. The maximum atomic E-state index is 12.5. The Morgan fingerprint density at radius 2 is 1.76 bits per heavy atom. The van der Waals surface area contributed by atoms with E-state index in [4.69, 9.17) is 5.11 Å². The minimum Gasteiger partial charge on any atom is -0.465 e. The number of anilines is 3. The molecule has 2 N–H and O–H groups in total. The number of hydrogen-bond donors (Lipinski definition) is 2. The molecule has 2 aromatic rings. The number of aromatic nitrogens is 1. The summed E-state index contributed by atoms with van der Waals surface area (Å²) >= 11 is 0. The first-order chi connectivity index (χ1) is 14.0. The van der Waals surface area contributed by atoms with Crippen LogP contribution < -0.4 is 15.1 Å². The van der Waals surface area contributed by atoms with Crippen LogP contribution in [0.2, 0.25) is 0 Å². The zero-order chi connectivity index (χ0) is 20.4. The second-order valence-corrected chi connectivity index (χ2v) is 7.50. The van der Waals surface area contributed by atoms with Gasteiger partial charge in [0.2, 0.25) is 0 Å². The van der Waals surface area contributed by atoms with Crippen molar-refractivity contribution in [1.29, 1.82) is 0 Å². The van der Waals surface area contributed by atoms with Crippen LogP contribution in [0.4, 0.5) is 22.0 Å². The molecule has 2 fully saturated rings. The van der Waals surface area contributed by atoms with E-state index in [1.54, 1.807) is 18.3 Å². The predicted octanol–water partition coefficient (Wildman–Crippen LogP) is 2.73. The zero-order valence-corrected chi connectivity index (χ0v) is 16.4. The third-order valence-electron chi connectivity index (χ3n) is 5.51. The molecular weight excluding hydrogens is 370 g/mol. The molecule has 1 aromatic carbocycles. The third kappa shape index (κ3) is 4.42. The van der Waals surface area contributed by atoms with Crippen molar-refractivity contribution in [2.45, 2.75) is 18.9 Å². The van der Waals surface area contributed by atoms with Crippen molar-refractivity contribution in [2.75, 3.05) is 48.3 Å². The van der Waals surface area contributed by atoms with Gasteiger partial charge in [0.1, 0.15) is 5.82 Å². The van der Waals surface area contributed by atoms with Crippen molar-refractivity contribution in [3.63, 3.8) is 0 Å². The maximum Gasteiger partial charge on any atom is 0.407 e. The highest BCUT2D eigenvalue weighted by Crippen LogP contribution is 2.29. The molecule has 4 rings (SSSR count). The molecule has 2 amide bonds. The van der Waals surface area contributed by atoms with Crippen molar-refractivity contribution in [1.82, 2.24) is 9.88 Å². The number of carboxylic acid groups (broad SMARTS) is 1. The molecule has 29 heavy (non-hydrogen) atoms. The molecule has 2 aliphatic rings. The van der Waals surface area contributed by atoms with Gasteiger partial charge in [-0.15, -0.1) is 0 Å². The molecule has 8 nitrogen and oxygen atoms in total. The Labute approximate surface area is 169 Å². The highest BCUT2D eigenvalue weighted by atomic mass is 16.4. The minimum atomic E-state index is -0.877. The minimum absolute atomic E-state index is 0.183. The molecule has 1 saturated heterocycles. The number of pyridine rings is 1. The van der Waals surface area contributed by atoms with Gasteiger partial charge in [0.25, 0.3) is 5.91 Å². The van der Waals surface area contributed by atoms with Crippen LogP contribution in [-0.2, 0) is 0 Å². The summed E-state index contributed by atoms with van der Waals surface area (Å²) in [5.41, 5.74) is 2.22. The summed E-state index contributed by atoms with van der Waals surface area (Å²) in [6.45, 7) is 2.25. The molecule has 8 heteroatoms. The van der Waals surface area contributed by atoms with E-state index in [2.05, 4.69) is 20.1 Å². The van der Waals surface area contributed by atoms with Gasteiger partial charge in [0.05, 0.1) is 11.9 Å². The van der Waals surface area contributed by atoms with Crippen LogP contribution in [0.25, 0.3) is 0 Å². The normalized spacial score (nSPS) is 16.4. The van der Waals surface area contributed by atoms with Gasteiger partial charge >= 0.3 is 6.09 Å². The lowest BCUT2D eigenvalue weighted by Gasteiger charge is -2.34. The number of carbonyl (C=O) groups is 2. The summed E-state index contributed by atoms with van der Waals surface area (Å²) < 4.78 is 0. The molecule has 1 aromatic heterocycles. The van der Waals surface area contributed by atoms with Crippen LogP contribution in [-0.4, -0.2) is 66.3 Å². The van der Waals surface area contributed by atoms with Crippen LogP contribution in [0, 0.1) is 0 Å². The van der Waals surface area contributed by atoms with Crippen molar-refractivity contribution in [3.8, 4) is 0 Å². The topological polar surface area (TPSA) is 89.0 Å². The highest BCUT2D eigenvalue weighted by molar-refractivity contribution is 6.04. The Bertz CT molecular complexity index is 872. The molecule has 1 aliphatic carbocycles. The Hall–Kier alpha value is -3.29. The highest BCUT2D eigenvalue weighted by Gasteiger charge is 2.27. The monoisotopic (exact) mass is 395 g/mol. The first kappa shape index (κ1) is 19.0. The number of nitrogens with zero attached hydrogens (tertiary/aromatic N) is 4. The average molecular weight is 395 g/mol. The molecule has 2 heterocycles. The molecule has 1 saturated carbocycles.